The third-order valence-electron chi connectivity index (χ3n) is 7.20. The molecule has 2 atom stereocenters. The Balaban J connectivity index is 1.19. The SMILES string of the molecule is CCC(=O)Cc1cccc(C2CCN(Cc3cn([C@@H]4c5ccccc5C[C@H]4O)nn3)CC2)c1. The molecule has 2 heterocycles. The Morgan fingerprint density at radius 1 is 1.12 bits per heavy atom. The van der Waals surface area contributed by atoms with Crippen molar-refractivity contribution in [2.24, 2.45) is 0 Å². The topological polar surface area (TPSA) is 71.2 Å². The Hall–Kier alpha value is -2.83. The second-order valence-corrected chi connectivity index (χ2v) is 9.47. The summed E-state index contributed by atoms with van der Waals surface area (Å²) in [5, 5.41) is 19.4. The van der Waals surface area contributed by atoms with Gasteiger partial charge < -0.3 is 5.11 Å². The number of aromatic nitrogens is 3. The predicted octanol–water partition coefficient (Wildman–Crippen LogP) is 3.69. The number of piperidine rings is 1. The van der Waals surface area contributed by atoms with E-state index in [2.05, 4.69) is 51.6 Å². The molecule has 2 aromatic carbocycles. The fourth-order valence-corrected chi connectivity index (χ4v) is 5.36. The van der Waals surface area contributed by atoms with Crippen LogP contribution in [0, 0.1) is 0 Å². The maximum absolute atomic E-state index is 11.8. The Labute approximate surface area is 195 Å². The van der Waals surface area contributed by atoms with Crippen LogP contribution in [0.25, 0.3) is 0 Å². The molecule has 5 rings (SSSR count). The number of hydrogen-bond acceptors (Lipinski definition) is 5. The van der Waals surface area contributed by atoms with Crippen LogP contribution in [-0.4, -0.2) is 50.0 Å². The van der Waals surface area contributed by atoms with E-state index in [1.54, 1.807) is 0 Å². The first kappa shape index (κ1) is 22.0. The van der Waals surface area contributed by atoms with E-state index in [1.807, 2.05) is 29.9 Å². The first-order valence-electron chi connectivity index (χ1n) is 12.1. The molecule has 1 saturated heterocycles. The standard InChI is InChI=1S/C27H32N4O2/c1-2-24(32)15-19-6-5-8-21(14-19)20-10-12-30(13-11-20)17-23-18-31(29-28-23)27-25-9-4-3-7-22(25)16-26(27)33/h3-9,14,18,20,26-27,33H,2,10-13,15-17H2,1H3/t26-,27-/m1/s1. The third-order valence-corrected chi connectivity index (χ3v) is 7.20. The van der Waals surface area contributed by atoms with E-state index in [-0.39, 0.29) is 6.04 Å². The minimum absolute atomic E-state index is 0.153. The van der Waals surface area contributed by atoms with Gasteiger partial charge >= 0.3 is 0 Å². The van der Waals surface area contributed by atoms with E-state index in [0.717, 1.165) is 49.3 Å². The number of nitrogens with zero attached hydrogens (tertiary/aromatic N) is 4. The van der Waals surface area contributed by atoms with Crippen LogP contribution in [0.5, 0.6) is 0 Å². The highest BCUT2D eigenvalue weighted by molar-refractivity contribution is 5.80. The average molecular weight is 445 g/mol. The predicted molar refractivity (Wildman–Crippen MR) is 127 cm³/mol. The number of benzene rings is 2. The smallest absolute Gasteiger partial charge is 0.136 e. The molecule has 3 aromatic rings. The van der Waals surface area contributed by atoms with Crippen LogP contribution in [0.3, 0.4) is 0 Å². The van der Waals surface area contributed by atoms with Crippen LogP contribution in [0.2, 0.25) is 0 Å². The van der Waals surface area contributed by atoms with Gasteiger partial charge in [-0.2, -0.15) is 0 Å². The summed E-state index contributed by atoms with van der Waals surface area (Å²) in [6.07, 6.45) is 5.55. The largest absolute Gasteiger partial charge is 0.390 e. The molecule has 0 amide bonds. The molecule has 0 saturated carbocycles. The fraction of sp³-hybridized carbons (Fsp3) is 0.444. The maximum Gasteiger partial charge on any atom is 0.136 e. The first-order valence-corrected chi connectivity index (χ1v) is 12.1. The highest BCUT2D eigenvalue weighted by Gasteiger charge is 2.33. The number of aliphatic hydroxyl groups excluding tert-OH is 1. The summed E-state index contributed by atoms with van der Waals surface area (Å²) in [6, 6.07) is 16.6. The van der Waals surface area contributed by atoms with Crippen molar-refractivity contribution in [1.29, 1.82) is 0 Å². The summed E-state index contributed by atoms with van der Waals surface area (Å²) in [7, 11) is 0. The molecular weight excluding hydrogens is 412 g/mol. The number of likely N-dealkylation sites (tertiary alicyclic amines) is 1. The third kappa shape index (κ3) is 4.77. The number of Topliss-reactive ketones (excluding diaryl/α,β-unsaturated/α-hetero) is 1. The van der Waals surface area contributed by atoms with Gasteiger partial charge in [0, 0.05) is 25.8 Å². The van der Waals surface area contributed by atoms with Gasteiger partial charge in [0.2, 0.25) is 0 Å². The van der Waals surface area contributed by atoms with Crippen molar-refractivity contribution in [2.45, 2.75) is 63.6 Å². The van der Waals surface area contributed by atoms with E-state index in [9.17, 15) is 9.90 Å². The van der Waals surface area contributed by atoms with Crippen molar-refractivity contribution in [1.82, 2.24) is 19.9 Å². The maximum atomic E-state index is 11.8. The first-order chi connectivity index (χ1) is 16.1. The van der Waals surface area contributed by atoms with Crippen molar-refractivity contribution in [2.75, 3.05) is 13.1 Å². The highest BCUT2D eigenvalue weighted by Crippen LogP contribution is 2.34. The summed E-state index contributed by atoms with van der Waals surface area (Å²) in [4.78, 5) is 14.3. The number of fused-ring (bicyclic) bond motifs is 1. The quantitative estimate of drug-likeness (QED) is 0.602. The van der Waals surface area contributed by atoms with Crippen molar-refractivity contribution in [3.8, 4) is 0 Å². The zero-order chi connectivity index (χ0) is 22.8. The Kier molecular flexibility index (Phi) is 6.38. The van der Waals surface area contributed by atoms with E-state index < -0.39 is 6.10 Å². The zero-order valence-corrected chi connectivity index (χ0v) is 19.2. The second kappa shape index (κ2) is 9.57. The van der Waals surface area contributed by atoms with Gasteiger partial charge in [0.15, 0.2) is 0 Å². The van der Waals surface area contributed by atoms with Crippen LogP contribution in [0.15, 0.2) is 54.7 Å². The molecule has 6 nitrogen and oxygen atoms in total. The molecule has 1 aliphatic carbocycles. The molecule has 33 heavy (non-hydrogen) atoms. The molecule has 1 aliphatic heterocycles. The molecule has 2 aliphatic rings. The number of ketones is 1. The van der Waals surface area contributed by atoms with Crippen molar-refractivity contribution >= 4 is 5.78 Å². The van der Waals surface area contributed by atoms with Gasteiger partial charge in [-0.05, 0) is 54.1 Å². The van der Waals surface area contributed by atoms with Crippen LogP contribution < -0.4 is 0 Å². The van der Waals surface area contributed by atoms with E-state index >= 15 is 0 Å². The summed E-state index contributed by atoms with van der Waals surface area (Å²) in [5.74, 6) is 0.836. The van der Waals surface area contributed by atoms with Gasteiger partial charge in [-0.1, -0.05) is 60.7 Å². The summed E-state index contributed by atoms with van der Waals surface area (Å²) < 4.78 is 1.83. The Morgan fingerprint density at radius 3 is 2.76 bits per heavy atom. The molecule has 0 unspecified atom stereocenters. The summed E-state index contributed by atoms with van der Waals surface area (Å²) in [6.45, 7) is 4.74. The molecular formula is C27H32N4O2. The van der Waals surface area contributed by atoms with Crippen LogP contribution >= 0.6 is 0 Å². The molecule has 1 fully saturated rings. The van der Waals surface area contributed by atoms with Gasteiger partial charge in [0.05, 0.1) is 18.0 Å². The molecule has 0 radical (unpaired) electrons. The van der Waals surface area contributed by atoms with Crippen molar-refractivity contribution in [3.63, 3.8) is 0 Å². The fourth-order valence-electron chi connectivity index (χ4n) is 5.36. The number of aliphatic hydroxyl groups is 1. The van der Waals surface area contributed by atoms with Gasteiger partial charge in [0.1, 0.15) is 11.8 Å². The Bertz CT molecular complexity index is 1120. The van der Waals surface area contributed by atoms with E-state index in [4.69, 9.17) is 0 Å². The molecule has 1 aromatic heterocycles. The zero-order valence-electron chi connectivity index (χ0n) is 19.2. The van der Waals surface area contributed by atoms with Gasteiger partial charge in [0.25, 0.3) is 0 Å². The highest BCUT2D eigenvalue weighted by atomic mass is 16.3. The minimum Gasteiger partial charge on any atom is -0.390 e. The minimum atomic E-state index is -0.462. The molecule has 0 spiro atoms. The summed E-state index contributed by atoms with van der Waals surface area (Å²) in [5.41, 5.74) is 5.78. The van der Waals surface area contributed by atoms with E-state index in [0.29, 0.717) is 31.0 Å². The lowest BCUT2D eigenvalue weighted by Gasteiger charge is -2.31. The normalized spacial score (nSPS) is 21.3. The molecule has 172 valence electrons. The monoisotopic (exact) mass is 444 g/mol. The van der Waals surface area contributed by atoms with Gasteiger partial charge in [-0.25, -0.2) is 4.68 Å². The summed E-state index contributed by atoms with van der Waals surface area (Å²) >= 11 is 0. The van der Waals surface area contributed by atoms with E-state index in [1.165, 1.54) is 11.1 Å². The molecule has 0 bridgehead atoms. The number of carbonyl (C=O) groups excluding carboxylic acids is 1. The number of carbonyl (C=O) groups is 1. The van der Waals surface area contributed by atoms with Crippen LogP contribution in [-0.2, 0) is 24.2 Å². The van der Waals surface area contributed by atoms with Gasteiger partial charge in [-0.3, -0.25) is 9.69 Å². The Morgan fingerprint density at radius 2 is 1.94 bits per heavy atom. The van der Waals surface area contributed by atoms with Crippen LogP contribution in [0.4, 0.5) is 0 Å². The lowest BCUT2D eigenvalue weighted by atomic mass is 9.88. The molecule has 1 N–H and O–H groups in total. The lowest BCUT2D eigenvalue weighted by Crippen LogP contribution is -2.32. The van der Waals surface area contributed by atoms with Gasteiger partial charge in [-0.15, -0.1) is 5.10 Å². The second-order valence-electron chi connectivity index (χ2n) is 9.47. The lowest BCUT2D eigenvalue weighted by molar-refractivity contribution is -0.118. The molecule has 6 heteroatoms. The number of rotatable bonds is 7. The number of hydrogen-bond donors (Lipinski definition) is 1. The van der Waals surface area contributed by atoms with Crippen molar-refractivity contribution < 1.29 is 9.90 Å². The average Bonchev–Trinajstić information content (AvgIpc) is 3.42. The van der Waals surface area contributed by atoms with Crippen molar-refractivity contribution in [3.05, 3.63) is 82.7 Å². The van der Waals surface area contributed by atoms with Crippen LogP contribution in [0.1, 0.15) is 66.1 Å².